The third-order valence-corrected chi connectivity index (χ3v) is 5.82. The lowest BCUT2D eigenvalue weighted by molar-refractivity contribution is 0.0551. The number of aromatic nitrogens is 2. The monoisotopic (exact) mass is 415 g/mol. The van der Waals surface area contributed by atoms with Crippen LogP contribution in [0.5, 0.6) is 0 Å². The predicted molar refractivity (Wildman–Crippen MR) is 97.4 cm³/mol. The van der Waals surface area contributed by atoms with Crippen LogP contribution in [0.25, 0.3) is 11.4 Å². The zero-order valence-electron chi connectivity index (χ0n) is 14.2. The summed E-state index contributed by atoms with van der Waals surface area (Å²) >= 11 is 4.81. The zero-order valence-corrected chi connectivity index (χ0v) is 15.9. The van der Waals surface area contributed by atoms with E-state index in [0.29, 0.717) is 5.69 Å². The van der Waals surface area contributed by atoms with Gasteiger partial charge >= 0.3 is 11.3 Å². The van der Waals surface area contributed by atoms with Crippen molar-refractivity contribution in [1.29, 1.82) is 0 Å². The van der Waals surface area contributed by atoms with Crippen molar-refractivity contribution in [1.82, 2.24) is 10.1 Å². The fourth-order valence-electron chi connectivity index (χ4n) is 2.47. The minimum Gasteiger partial charge on any atom is -0.333 e. The number of alkyl halides is 3. The Kier molecular flexibility index (Phi) is 5.06. The maximum Gasteiger partial charge on any atom is 0.400 e. The van der Waals surface area contributed by atoms with E-state index in [-0.39, 0.29) is 16.7 Å². The molecule has 0 aliphatic heterocycles. The largest absolute Gasteiger partial charge is 0.400 e. The van der Waals surface area contributed by atoms with Crippen LogP contribution in [0.4, 0.5) is 18.9 Å². The number of aryl methyl sites for hydroxylation is 1. The highest BCUT2D eigenvalue weighted by Crippen LogP contribution is 2.41. The van der Waals surface area contributed by atoms with Gasteiger partial charge in [-0.1, -0.05) is 23.4 Å². The molecule has 3 rings (SSSR count). The van der Waals surface area contributed by atoms with Crippen molar-refractivity contribution in [2.45, 2.75) is 12.3 Å². The first-order valence-electron chi connectivity index (χ1n) is 7.70. The van der Waals surface area contributed by atoms with Crippen LogP contribution in [-0.4, -0.2) is 16.8 Å². The fourth-order valence-corrected chi connectivity index (χ4v) is 4.13. The molecule has 0 fully saturated rings. The van der Waals surface area contributed by atoms with Crippen LogP contribution in [0.2, 0.25) is 0 Å². The number of rotatable bonds is 5. The average molecular weight is 416 g/mol. The third-order valence-electron chi connectivity index (χ3n) is 3.69. The van der Waals surface area contributed by atoms with E-state index < -0.39 is 24.4 Å². The van der Waals surface area contributed by atoms with Crippen LogP contribution in [-0.2, 0) is 9.95 Å². The summed E-state index contributed by atoms with van der Waals surface area (Å²) in [6, 6.07) is 10.8. The van der Waals surface area contributed by atoms with Gasteiger partial charge in [0.2, 0.25) is 5.82 Å². The van der Waals surface area contributed by atoms with Gasteiger partial charge in [0.15, 0.2) is 7.29 Å². The Bertz CT molecular complexity index is 1040. The van der Waals surface area contributed by atoms with Gasteiger partial charge in [-0.25, -0.2) is 4.39 Å². The maximum atomic E-state index is 14.6. The second-order valence-electron chi connectivity index (χ2n) is 5.99. The number of anilines is 1. The number of benzene rings is 2. The van der Waals surface area contributed by atoms with E-state index in [1.807, 2.05) is 13.0 Å². The topological polar surface area (TPSA) is 68.0 Å². The second-order valence-corrected chi connectivity index (χ2v) is 9.02. The van der Waals surface area contributed by atoms with Crippen LogP contribution in [0.1, 0.15) is 11.5 Å². The minimum atomic E-state index is -3.82. The Labute approximate surface area is 158 Å². The molecule has 0 saturated heterocycles. The smallest absolute Gasteiger partial charge is 0.333 e. The summed E-state index contributed by atoms with van der Waals surface area (Å²) < 4.78 is 57.9. The molecule has 0 saturated carbocycles. The van der Waals surface area contributed by atoms with E-state index in [2.05, 4.69) is 19.8 Å². The lowest BCUT2D eigenvalue weighted by Crippen LogP contribution is -2.15. The standard InChI is InChI=1S/C17H14ClF3N3O2P/c1-10-4-3-5-12(8-10)24-27(2,25)14-7-6-11(9-13(14)19)15-22-16(26-23-15)17(18,20)21/h3-9H,1-2H3,(H,24,25). The van der Waals surface area contributed by atoms with E-state index in [1.54, 1.807) is 18.2 Å². The van der Waals surface area contributed by atoms with Gasteiger partial charge < -0.3 is 9.61 Å². The van der Waals surface area contributed by atoms with Crippen molar-refractivity contribution in [2.75, 3.05) is 11.8 Å². The van der Waals surface area contributed by atoms with Gasteiger partial charge in [-0.3, -0.25) is 4.57 Å². The first kappa shape index (κ1) is 19.5. The minimum absolute atomic E-state index is 0.0425. The van der Waals surface area contributed by atoms with Crippen molar-refractivity contribution in [3.8, 4) is 11.4 Å². The third kappa shape index (κ3) is 4.34. The molecule has 1 aromatic heterocycles. The lowest BCUT2D eigenvalue weighted by atomic mass is 10.2. The molecule has 0 amide bonds. The summed E-state index contributed by atoms with van der Waals surface area (Å²) in [6.07, 6.45) is 0. The number of nitrogens with zero attached hydrogens (tertiary/aromatic N) is 2. The van der Waals surface area contributed by atoms with Crippen molar-refractivity contribution < 1.29 is 22.3 Å². The first-order valence-corrected chi connectivity index (χ1v) is 10.2. The Hall–Kier alpha value is -2.31. The molecule has 1 unspecified atom stereocenters. The zero-order chi connectivity index (χ0) is 19.8. The summed E-state index contributed by atoms with van der Waals surface area (Å²) in [5.74, 6) is -2.14. The molecule has 1 atom stereocenters. The predicted octanol–water partition coefficient (Wildman–Crippen LogP) is 5.12. The molecule has 2 aromatic carbocycles. The molecule has 1 N–H and O–H groups in total. The first-order chi connectivity index (χ1) is 12.6. The molecule has 10 heteroatoms. The van der Waals surface area contributed by atoms with Crippen LogP contribution >= 0.6 is 18.9 Å². The van der Waals surface area contributed by atoms with Gasteiger partial charge in [0.1, 0.15) is 5.82 Å². The molecular weight excluding hydrogens is 402 g/mol. The maximum absolute atomic E-state index is 14.6. The quantitative estimate of drug-likeness (QED) is 0.463. The lowest BCUT2D eigenvalue weighted by Gasteiger charge is -2.18. The molecule has 27 heavy (non-hydrogen) atoms. The van der Waals surface area contributed by atoms with Crippen molar-refractivity contribution >= 4 is 29.9 Å². The van der Waals surface area contributed by atoms with Gasteiger partial charge in [0.05, 0.1) is 5.30 Å². The molecule has 5 nitrogen and oxygen atoms in total. The molecule has 142 valence electrons. The highest BCUT2D eigenvalue weighted by atomic mass is 35.5. The van der Waals surface area contributed by atoms with Crippen LogP contribution < -0.4 is 10.4 Å². The Morgan fingerprint density at radius 2 is 1.96 bits per heavy atom. The van der Waals surface area contributed by atoms with E-state index in [0.717, 1.165) is 11.6 Å². The van der Waals surface area contributed by atoms with Gasteiger partial charge in [-0.15, -0.1) is 0 Å². The second kappa shape index (κ2) is 7.02. The highest BCUT2D eigenvalue weighted by Gasteiger charge is 2.36. The van der Waals surface area contributed by atoms with E-state index in [1.165, 1.54) is 18.8 Å². The molecule has 0 spiro atoms. The van der Waals surface area contributed by atoms with Crippen LogP contribution in [0, 0.1) is 12.7 Å². The number of hydrogen-bond acceptors (Lipinski definition) is 4. The van der Waals surface area contributed by atoms with Crippen molar-refractivity contribution in [3.63, 3.8) is 0 Å². The summed E-state index contributed by atoms with van der Waals surface area (Å²) in [5, 5.41) is 2.35. The molecule has 0 aliphatic carbocycles. The Morgan fingerprint density at radius 3 is 2.56 bits per heavy atom. The Balaban J connectivity index is 1.90. The summed E-state index contributed by atoms with van der Waals surface area (Å²) in [5.41, 5.74) is 1.64. The van der Waals surface area contributed by atoms with Crippen molar-refractivity contribution in [3.05, 3.63) is 59.7 Å². The molecule has 0 bridgehead atoms. The van der Waals surface area contributed by atoms with E-state index >= 15 is 0 Å². The van der Waals surface area contributed by atoms with E-state index in [9.17, 15) is 17.7 Å². The van der Waals surface area contributed by atoms with Gasteiger partial charge in [0, 0.05) is 17.9 Å². The highest BCUT2D eigenvalue weighted by molar-refractivity contribution is 7.72. The Morgan fingerprint density at radius 1 is 1.22 bits per heavy atom. The SMILES string of the molecule is Cc1cccc(NP(C)(=O)c2ccc(-c3noc(C(F)(F)Cl)n3)cc2F)c1. The van der Waals surface area contributed by atoms with Gasteiger partial charge in [0.25, 0.3) is 0 Å². The van der Waals surface area contributed by atoms with Crippen LogP contribution in [0.15, 0.2) is 47.0 Å². The molecule has 1 heterocycles. The van der Waals surface area contributed by atoms with Gasteiger partial charge in [-0.2, -0.15) is 13.8 Å². The number of halogens is 4. The summed E-state index contributed by atoms with van der Waals surface area (Å²) in [7, 11) is -3.29. The van der Waals surface area contributed by atoms with Crippen LogP contribution in [0.3, 0.4) is 0 Å². The van der Waals surface area contributed by atoms with E-state index in [4.69, 9.17) is 11.6 Å². The number of hydrogen-bond donors (Lipinski definition) is 1. The average Bonchev–Trinajstić information content (AvgIpc) is 3.04. The normalized spacial score (nSPS) is 14.0. The molecule has 0 radical (unpaired) electrons. The molecular formula is C17H14ClF3N3O2P. The van der Waals surface area contributed by atoms with Gasteiger partial charge in [-0.05, 0) is 48.4 Å². The molecule has 3 aromatic rings. The summed E-state index contributed by atoms with van der Waals surface area (Å²) in [4.78, 5) is 3.45. The number of nitrogens with one attached hydrogen (secondary N) is 1. The fraction of sp³-hybridized carbons (Fsp3) is 0.176. The van der Waals surface area contributed by atoms with Crippen molar-refractivity contribution in [2.24, 2.45) is 0 Å². The molecule has 0 aliphatic rings. The summed E-state index contributed by atoms with van der Waals surface area (Å²) in [6.45, 7) is 3.28.